The highest BCUT2D eigenvalue weighted by atomic mass is 16.5. The first-order valence-electron chi connectivity index (χ1n) is 6.92. The van der Waals surface area contributed by atoms with E-state index in [-0.39, 0.29) is 18.4 Å². The minimum absolute atomic E-state index is 0.0637. The van der Waals surface area contributed by atoms with Gasteiger partial charge in [-0.15, -0.1) is 0 Å². The fourth-order valence-electron chi connectivity index (χ4n) is 2.43. The maximum atomic E-state index is 12.4. The summed E-state index contributed by atoms with van der Waals surface area (Å²) in [5, 5.41) is 12.6. The molecule has 1 atom stereocenters. The van der Waals surface area contributed by atoms with E-state index in [1.165, 1.54) is 0 Å². The van der Waals surface area contributed by atoms with Crippen molar-refractivity contribution in [2.45, 2.75) is 31.2 Å². The van der Waals surface area contributed by atoms with E-state index < -0.39 is 5.54 Å². The van der Waals surface area contributed by atoms with Crippen molar-refractivity contribution in [1.29, 1.82) is 0 Å². The molecule has 1 aromatic rings. The Hall–Kier alpha value is -1.59. The van der Waals surface area contributed by atoms with E-state index in [4.69, 9.17) is 10.5 Å². The molecule has 0 saturated carbocycles. The van der Waals surface area contributed by atoms with Gasteiger partial charge in [0.25, 0.3) is 0 Å². The molecule has 5 heteroatoms. The van der Waals surface area contributed by atoms with Crippen molar-refractivity contribution in [3.05, 3.63) is 29.8 Å². The van der Waals surface area contributed by atoms with Gasteiger partial charge in [0.1, 0.15) is 0 Å². The summed E-state index contributed by atoms with van der Waals surface area (Å²) in [4.78, 5) is 12.4. The standard InChI is InChI=1S/C15H22N2O3/c1-11(12-3-2-4-13(16)9-12)14(19)17-15(10-18)5-7-20-8-6-15/h2-4,9,11,18H,5-8,10,16H2,1H3,(H,17,19). The van der Waals surface area contributed by atoms with Crippen LogP contribution >= 0.6 is 0 Å². The van der Waals surface area contributed by atoms with E-state index in [1.54, 1.807) is 12.1 Å². The lowest BCUT2D eigenvalue weighted by Crippen LogP contribution is -2.55. The molecule has 1 saturated heterocycles. The number of amides is 1. The highest BCUT2D eigenvalue weighted by Crippen LogP contribution is 2.23. The van der Waals surface area contributed by atoms with Gasteiger partial charge in [-0.05, 0) is 37.5 Å². The Bertz CT molecular complexity index is 470. The fourth-order valence-corrected chi connectivity index (χ4v) is 2.43. The van der Waals surface area contributed by atoms with Crippen LogP contribution in [0.3, 0.4) is 0 Å². The SMILES string of the molecule is CC(C(=O)NC1(CO)CCOCC1)c1cccc(N)c1. The molecule has 0 radical (unpaired) electrons. The van der Waals surface area contributed by atoms with Crippen LogP contribution in [-0.2, 0) is 9.53 Å². The van der Waals surface area contributed by atoms with Crippen LogP contribution in [-0.4, -0.2) is 36.4 Å². The Kier molecular flexibility index (Phi) is 4.62. The predicted molar refractivity (Wildman–Crippen MR) is 77.3 cm³/mol. The summed E-state index contributed by atoms with van der Waals surface area (Å²) >= 11 is 0. The van der Waals surface area contributed by atoms with Crippen molar-refractivity contribution < 1.29 is 14.6 Å². The van der Waals surface area contributed by atoms with Crippen LogP contribution in [0.2, 0.25) is 0 Å². The molecule has 1 heterocycles. The van der Waals surface area contributed by atoms with Crippen LogP contribution in [0.1, 0.15) is 31.2 Å². The van der Waals surface area contributed by atoms with Crippen LogP contribution in [0.25, 0.3) is 0 Å². The number of ether oxygens (including phenoxy) is 1. The second-order valence-electron chi connectivity index (χ2n) is 5.43. The summed E-state index contributed by atoms with van der Waals surface area (Å²) < 4.78 is 5.29. The van der Waals surface area contributed by atoms with Gasteiger partial charge in [-0.1, -0.05) is 12.1 Å². The molecular weight excluding hydrogens is 256 g/mol. The number of benzene rings is 1. The van der Waals surface area contributed by atoms with E-state index in [1.807, 2.05) is 19.1 Å². The third-order valence-corrected chi connectivity index (χ3v) is 3.94. The van der Waals surface area contributed by atoms with Gasteiger partial charge in [0, 0.05) is 18.9 Å². The van der Waals surface area contributed by atoms with Crippen molar-refractivity contribution in [2.24, 2.45) is 0 Å². The lowest BCUT2D eigenvalue weighted by Gasteiger charge is -2.37. The number of anilines is 1. The van der Waals surface area contributed by atoms with Crippen molar-refractivity contribution in [1.82, 2.24) is 5.32 Å². The Morgan fingerprint density at radius 3 is 2.80 bits per heavy atom. The normalized spacial score (nSPS) is 19.3. The van der Waals surface area contributed by atoms with Gasteiger partial charge in [-0.25, -0.2) is 0 Å². The summed E-state index contributed by atoms with van der Waals surface area (Å²) in [7, 11) is 0. The number of nitrogens with two attached hydrogens (primary N) is 1. The molecule has 0 spiro atoms. The van der Waals surface area contributed by atoms with Gasteiger partial charge in [-0.2, -0.15) is 0 Å². The molecule has 4 N–H and O–H groups in total. The quantitative estimate of drug-likeness (QED) is 0.718. The number of rotatable bonds is 4. The first-order valence-corrected chi connectivity index (χ1v) is 6.92. The van der Waals surface area contributed by atoms with E-state index in [0.717, 1.165) is 5.56 Å². The van der Waals surface area contributed by atoms with Crippen molar-refractivity contribution in [3.8, 4) is 0 Å². The van der Waals surface area contributed by atoms with E-state index in [0.29, 0.717) is 31.7 Å². The summed E-state index contributed by atoms with van der Waals surface area (Å²) in [6.45, 7) is 2.90. The average molecular weight is 278 g/mol. The molecule has 1 aliphatic rings. The Morgan fingerprint density at radius 1 is 1.50 bits per heavy atom. The van der Waals surface area contributed by atoms with Gasteiger partial charge in [0.05, 0.1) is 18.1 Å². The van der Waals surface area contributed by atoms with E-state index in [2.05, 4.69) is 5.32 Å². The highest BCUT2D eigenvalue weighted by Gasteiger charge is 2.34. The molecule has 0 aromatic heterocycles. The molecule has 20 heavy (non-hydrogen) atoms. The largest absolute Gasteiger partial charge is 0.399 e. The zero-order valence-corrected chi connectivity index (χ0v) is 11.8. The number of hydrogen-bond acceptors (Lipinski definition) is 4. The molecule has 1 aromatic carbocycles. The van der Waals surface area contributed by atoms with E-state index in [9.17, 15) is 9.90 Å². The molecular formula is C15H22N2O3. The van der Waals surface area contributed by atoms with Crippen LogP contribution in [0.15, 0.2) is 24.3 Å². The van der Waals surface area contributed by atoms with Crippen molar-refractivity contribution >= 4 is 11.6 Å². The minimum atomic E-state index is -0.552. The first-order chi connectivity index (χ1) is 9.56. The Labute approximate surface area is 119 Å². The third kappa shape index (κ3) is 3.29. The lowest BCUT2D eigenvalue weighted by atomic mass is 9.89. The second kappa shape index (κ2) is 6.24. The Balaban J connectivity index is 2.06. The zero-order chi connectivity index (χ0) is 14.6. The number of nitrogen functional groups attached to an aromatic ring is 1. The number of aliphatic hydroxyl groups is 1. The first kappa shape index (κ1) is 14.8. The molecule has 110 valence electrons. The lowest BCUT2D eigenvalue weighted by molar-refractivity contribution is -0.126. The topological polar surface area (TPSA) is 84.6 Å². The summed E-state index contributed by atoms with van der Waals surface area (Å²) in [6.07, 6.45) is 1.28. The molecule has 1 amide bonds. The smallest absolute Gasteiger partial charge is 0.227 e. The summed E-state index contributed by atoms with van der Waals surface area (Å²) in [5.41, 5.74) is 6.71. The third-order valence-electron chi connectivity index (χ3n) is 3.94. The van der Waals surface area contributed by atoms with Crippen molar-refractivity contribution in [2.75, 3.05) is 25.6 Å². The number of nitrogens with one attached hydrogen (secondary N) is 1. The molecule has 1 aliphatic heterocycles. The van der Waals surface area contributed by atoms with Gasteiger partial charge in [0.15, 0.2) is 0 Å². The molecule has 1 fully saturated rings. The molecule has 0 bridgehead atoms. The highest BCUT2D eigenvalue weighted by molar-refractivity contribution is 5.84. The molecule has 2 rings (SSSR count). The maximum Gasteiger partial charge on any atom is 0.227 e. The number of hydrogen-bond donors (Lipinski definition) is 3. The number of carbonyl (C=O) groups is 1. The number of aliphatic hydroxyl groups excluding tert-OH is 1. The summed E-state index contributed by atoms with van der Waals surface area (Å²) in [6, 6.07) is 7.32. The van der Waals surface area contributed by atoms with Crippen LogP contribution < -0.4 is 11.1 Å². The van der Waals surface area contributed by atoms with E-state index >= 15 is 0 Å². The maximum absolute atomic E-state index is 12.4. The molecule has 1 unspecified atom stereocenters. The second-order valence-corrected chi connectivity index (χ2v) is 5.43. The average Bonchev–Trinajstić information content (AvgIpc) is 2.47. The van der Waals surface area contributed by atoms with Crippen LogP contribution in [0.5, 0.6) is 0 Å². The van der Waals surface area contributed by atoms with Crippen LogP contribution in [0.4, 0.5) is 5.69 Å². The Morgan fingerprint density at radius 2 is 2.20 bits per heavy atom. The fraction of sp³-hybridized carbons (Fsp3) is 0.533. The minimum Gasteiger partial charge on any atom is -0.399 e. The monoisotopic (exact) mass is 278 g/mol. The van der Waals surface area contributed by atoms with Gasteiger partial charge >= 0.3 is 0 Å². The zero-order valence-electron chi connectivity index (χ0n) is 11.8. The molecule has 0 aliphatic carbocycles. The van der Waals surface area contributed by atoms with Gasteiger partial charge in [-0.3, -0.25) is 4.79 Å². The van der Waals surface area contributed by atoms with Gasteiger partial charge < -0.3 is 20.9 Å². The van der Waals surface area contributed by atoms with Gasteiger partial charge in [0.2, 0.25) is 5.91 Å². The molecule has 5 nitrogen and oxygen atoms in total. The van der Waals surface area contributed by atoms with Crippen LogP contribution in [0, 0.1) is 0 Å². The predicted octanol–water partition coefficient (Wildman–Crippen LogP) is 1.03. The number of carbonyl (C=O) groups excluding carboxylic acids is 1. The van der Waals surface area contributed by atoms with Crippen molar-refractivity contribution in [3.63, 3.8) is 0 Å². The summed E-state index contributed by atoms with van der Waals surface area (Å²) in [5.74, 6) is -0.392.